The number of nitro groups is 1. The third-order valence-electron chi connectivity index (χ3n) is 3.02. The molecule has 0 amide bonds. The van der Waals surface area contributed by atoms with Crippen molar-refractivity contribution in [1.82, 2.24) is 0 Å². The number of hydrogen-bond acceptors (Lipinski definition) is 3. The van der Waals surface area contributed by atoms with Crippen molar-refractivity contribution in [3.8, 4) is 0 Å². The van der Waals surface area contributed by atoms with Gasteiger partial charge >= 0.3 is 0 Å². The summed E-state index contributed by atoms with van der Waals surface area (Å²) in [6.07, 6.45) is 4.45. The molecule has 4 heteroatoms. The minimum absolute atomic E-state index is 0.231. The average molecular weight is 223 g/mol. The highest BCUT2D eigenvalue weighted by atomic mass is 32.1. The van der Waals surface area contributed by atoms with Gasteiger partial charge in [-0.15, -0.1) is 12.6 Å². The van der Waals surface area contributed by atoms with E-state index in [1.807, 2.05) is 6.07 Å². The Bertz CT molecular complexity index is 386. The maximum atomic E-state index is 10.9. The molecule has 1 saturated carbocycles. The van der Waals surface area contributed by atoms with E-state index in [1.165, 1.54) is 12.8 Å². The minimum atomic E-state index is -0.298. The number of hydrogen-bond donors (Lipinski definition) is 1. The van der Waals surface area contributed by atoms with Crippen molar-refractivity contribution in [3.05, 3.63) is 33.9 Å². The van der Waals surface area contributed by atoms with Crippen LogP contribution >= 0.6 is 12.6 Å². The van der Waals surface area contributed by atoms with Gasteiger partial charge in [-0.3, -0.25) is 10.1 Å². The van der Waals surface area contributed by atoms with E-state index in [2.05, 4.69) is 12.6 Å². The Morgan fingerprint density at radius 1 is 1.33 bits per heavy atom. The lowest BCUT2D eigenvalue weighted by atomic mass is 9.96. The van der Waals surface area contributed by atoms with Gasteiger partial charge in [0.25, 0.3) is 5.69 Å². The predicted octanol–water partition coefficient (Wildman–Crippen LogP) is 3.54. The zero-order valence-electron chi connectivity index (χ0n) is 8.35. The lowest BCUT2D eigenvalue weighted by Crippen LogP contribution is -2.00. The maximum Gasteiger partial charge on any atom is 0.273 e. The van der Waals surface area contributed by atoms with Crippen LogP contribution in [0.15, 0.2) is 23.1 Å². The fraction of sp³-hybridized carbons (Fsp3) is 0.455. The van der Waals surface area contributed by atoms with E-state index in [4.69, 9.17) is 0 Å². The number of nitrogens with zero attached hydrogens (tertiary/aromatic N) is 1. The topological polar surface area (TPSA) is 43.1 Å². The van der Waals surface area contributed by atoms with E-state index in [-0.39, 0.29) is 10.6 Å². The Morgan fingerprint density at radius 3 is 2.60 bits per heavy atom. The van der Waals surface area contributed by atoms with Crippen molar-refractivity contribution in [2.75, 3.05) is 0 Å². The first-order valence-electron chi connectivity index (χ1n) is 5.16. The van der Waals surface area contributed by atoms with Gasteiger partial charge in [-0.1, -0.05) is 18.9 Å². The van der Waals surface area contributed by atoms with Crippen molar-refractivity contribution in [2.45, 2.75) is 36.5 Å². The molecular weight excluding hydrogens is 210 g/mol. The van der Waals surface area contributed by atoms with Crippen LogP contribution in [0.3, 0.4) is 0 Å². The molecule has 1 aliphatic carbocycles. The largest absolute Gasteiger partial charge is 0.273 e. The van der Waals surface area contributed by atoms with Crippen molar-refractivity contribution in [3.63, 3.8) is 0 Å². The highest BCUT2D eigenvalue weighted by Crippen LogP contribution is 2.41. The third kappa shape index (κ3) is 2.00. The van der Waals surface area contributed by atoms with Crippen LogP contribution in [0.5, 0.6) is 0 Å². The molecule has 2 rings (SSSR count). The van der Waals surface area contributed by atoms with E-state index in [0.717, 1.165) is 23.3 Å². The zero-order chi connectivity index (χ0) is 10.8. The highest BCUT2D eigenvalue weighted by Gasteiger charge is 2.26. The molecule has 3 nitrogen and oxygen atoms in total. The monoisotopic (exact) mass is 223 g/mol. The van der Waals surface area contributed by atoms with Gasteiger partial charge in [-0.2, -0.15) is 0 Å². The first kappa shape index (κ1) is 10.5. The summed E-state index contributed by atoms with van der Waals surface area (Å²) in [6.45, 7) is 0. The number of rotatable bonds is 2. The summed E-state index contributed by atoms with van der Waals surface area (Å²) in [5, 5.41) is 10.9. The fourth-order valence-electron chi connectivity index (χ4n) is 2.33. The molecule has 0 N–H and O–H groups in total. The zero-order valence-corrected chi connectivity index (χ0v) is 9.24. The second-order valence-electron chi connectivity index (χ2n) is 3.95. The Balaban J connectivity index is 2.46. The fourth-order valence-corrected chi connectivity index (χ4v) is 2.72. The molecular formula is C11H13NO2S. The lowest BCUT2D eigenvalue weighted by Gasteiger charge is -2.12. The summed E-state index contributed by atoms with van der Waals surface area (Å²) < 4.78 is 0. The number of nitro benzene ring substituents is 1. The lowest BCUT2D eigenvalue weighted by molar-refractivity contribution is -0.386. The van der Waals surface area contributed by atoms with E-state index in [0.29, 0.717) is 5.92 Å². The second kappa shape index (κ2) is 4.23. The van der Waals surface area contributed by atoms with Gasteiger partial charge in [0.05, 0.1) is 4.92 Å². The molecule has 1 fully saturated rings. The number of thiol groups is 1. The molecule has 0 heterocycles. The van der Waals surface area contributed by atoms with Crippen LogP contribution in [0.1, 0.15) is 37.2 Å². The van der Waals surface area contributed by atoms with Gasteiger partial charge in [0.2, 0.25) is 0 Å². The Hall–Kier alpha value is -1.03. The van der Waals surface area contributed by atoms with E-state index < -0.39 is 0 Å². The Labute approximate surface area is 94.1 Å². The summed E-state index contributed by atoms with van der Waals surface area (Å²) in [6, 6.07) is 5.11. The molecule has 80 valence electrons. The van der Waals surface area contributed by atoms with E-state index in [9.17, 15) is 10.1 Å². The molecule has 0 aromatic heterocycles. The summed E-state index contributed by atoms with van der Waals surface area (Å²) in [5.74, 6) is 0.332. The molecule has 0 bridgehead atoms. The van der Waals surface area contributed by atoms with Crippen molar-refractivity contribution < 1.29 is 4.92 Å². The van der Waals surface area contributed by atoms with Gasteiger partial charge in [0.15, 0.2) is 0 Å². The average Bonchev–Trinajstić information content (AvgIpc) is 2.70. The quantitative estimate of drug-likeness (QED) is 0.473. The summed E-state index contributed by atoms with van der Waals surface area (Å²) >= 11 is 4.33. The summed E-state index contributed by atoms with van der Waals surface area (Å²) in [5.41, 5.74) is 1.07. The molecule has 1 aromatic rings. The van der Waals surface area contributed by atoms with Crippen LogP contribution in [0.25, 0.3) is 0 Å². The first-order chi connectivity index (χ1) is 7.20. The summed E-state index contributed by atoms with van der Waals surface area (Å²) in [7, 11) is 0. The van der Waals surface area contributed by atoms with Crippen molar-refractivity contribution in [1.29, 1.82) is 0 Å². The molecule has 0 spiro atoms. The van der Waals surface area contributed by atoms with E-state index in [1.54, 1.807) is 12.1 Å². The van der Waals surface area contributed by atoms with Gasteiger partial charge in [0, 0.05) is 16.5 Å². The molecule has 0 unspecified atom stereocenters. The van der Waals surface area contributed by atoms with Gasteiger partial charge in [-0.25, -0.2) is 0 Å². The van der Waals surface area contributed by atoms with E-state index >= 15 is 0 Å². The van der Waals surface area contributed by atoms with Crippen LogP contribution in [-0.4, -0.2) is 4.92 Å². The molecule has 0 radical (unpaired) electrons. The third-order valence-corrected chi connectivity index (χ3v) is 3.41. The summed E-state index contributed by atoms with van der Waals surface area (Å²) in [4.78, 5) is 11.4. The predicted molar refractivity (Wildman–Crippen MR) is 61.6 cm³/mol. The standard InChI is InChI=1S/C11H13NO2S/c13-12(14)9-6-3-7-10(15)11(9)8-4-1-2-5-8/h3,6-8,15H,1-2,4-5H2. The molecule has 1 aromatic carbocycles. The van der Waals surface area contributed by atoms with Crippen LogP contribution in [0, 0.1) is 10.1 Å². The molecule has 15 heavy (non-hydrogen) atoms. The van der Waals surface area contributed by atoms with Crippen molar-refractivity contribution >= 4 is 18.3 Å². The Kier molecular flexibility index (Phi) is 2.95. The first-order valence-corrected chi connectivity index (χ1v) is 5.61. The number of benzene rings is 1. The van der Waals surface area contributed by atoms with Gasteiger partial charge < -0.3 is 0 Å². The maximum absolute atomic E-state index is 10.9. The van der Waals surface area contributed by atoms with Crippen molar-refractivity contribution in [2.24, 2.45) is 0 Å². The SMILES string of the molecule is O=[N+]([O-])c1cccc(S)c1C1CCCC1. The highest BCUT2D eigenvalue weighted by molar-refractivity contribution is 7.80. The molecule has 0 saturated heterocycles. The molecule has 0 aliphatic heterocycles. The smallest absolute Gasteiger partial charge is 0.258 e. The van der Waals surface area contributed by atoms with Crippen LogP contribution < -0.4 is 0 Å². The van der Waals surface area contributed by atoms with Gasteiger partial charge in [-0.05, 0) is 24.8 Å². The molecule has 1 aliphatic rings. The van der Waals surface area contributed by atoms with Gasteiger partial charge in [0.1, 0.15) is 0 Å². The molecule has 0 atom stereocenters. The second-order valence-corrected chi connectivity index (χ2v) is 4.43. The minimum Gasteiger partial charge on any atom is -0.258 e. The normalized spacial score (nSPS) is 16.9. The van der Waals surface area contributed by atoms with Crippen LogP contribution in [-0.2, 0) is 0 Å². The van der Waals surface area contributed by atoms with Crippen LogP contribution in [0.2, 0.25) is 0 Å². The Morgan fingerprint density at radius 2 is 2.00 bits per heavy atom. The van der Waals surface area contributed by atoms with Crippen LogP contribution in [0.4, 0.5) is 5.69 Å².